The van der Waals surface area contributed by atoms with Gasteiger partial charge in [0.2, 0.25) is 0 Å². The molecule has 0 aliphatic heterocycles. The predicted molar refractivity (Wildman–Crippen MR) is 100 cm³/mol. The summed E-state index contributed by atoms with van der Waals surface area (Å²) in [6.07, 6.45) is 3.02. The standard InChI is InChI=1S/C14H16ClIN4S/c1-3-6-17-12-8-13(20-14(19-12)21-2)18-11-5-4-9(15)7-10(11)16/h4-5,7-8H,3,6H2,1-2H3,(H2,17,18,19,20). The maximum Gasteiger partial charge on any atom is 0.191 e. The van der Waals surface area contributed by atoms with Crippen molar-refractivity contribution in [2.75, 3.05) is 23.4 Å². The molecule has 0 bridgehead atoms. The van der Waals surface area contributed by atoms with Crippen molar-refractivity contribution in [2.24, 2.45) is 0 Å². The van der Waals surface area contributed by atoms with E-state index in [1.807, 2.05) is 30.5 Å². The number of aromatic nitrogens is 2. The van der Waals surface area contributed by atoms with Crippen LogP contribution in [0.5, 0.6) is 0 Å². The Balaban J connectivity index is 2.25. The summed E-state index contributed by atoms with van der Waals surface area (Å²) >= 11 is 9.75. The van der Waals surface area contributed by atoms with Crippen LogP contribution in [0.1, 0.15) is 13.3 Å². The molecule has 0 unspecified atom stereocenters. The molecule has 0 saturated carbocycles. The molecule has 7 heteroatoms. The topological polar surface area (TPSA) is 49.8 Å². The Labute approximate surface area is 147 Å². The lowest BCUT2D eigenvalue weighted by molar-refractivity contribution is 0.929. The van der Waals surface area contributed by atoms with Crippen LogP contribution in [0.25, 0.3) is 0 Å². The number of benzene rings is 1. The minimum atomic E-state index is 0.725. The van der Waals surface area contributed by atoms with E-state index in [0.29, 0.717) is 0 Å². The molecule has 0 spiro atoms. The Hall–Kier alpha value is -0.730. The molecular formula is C14H16ClIN4S. The second kappa shape index (κ2) is 8.05. The van der Waals surface area contributed by atoms with Crippen molar-refractivity contribution in [3.05, 3.63) is 32.9 Å². The lowest BCUT2D eigenvalue weighted by atomic mass is 10.3. The summed E-state index contributed by atoms with van der Waals surface area (Å²) in [6.45, 7) is 3.02. The number of thioether (sulfide) groups is 1. The van der Waals surface area contributed by atoms with E-state index in [0.717, 1.165) is 44.0 Å². The predicted octanol–water partition coefficient (Wildman–Crippen LogP) is 5.02. The molecule has 21 heavy (non-hydrogen) atoms. The second-order valence-corrected chi connectivity index (χ2v) is 6.67. The monoisotopic (exact) mass is 434 g/mol. The van der Waals surface area contributed by atoms with Crippen molar-refractivity contribution in [3.63, 3.8) is 0 Å². The van der Waals surface area contributed by atoms with Gasteiger partial charge in [-0.05, 0) is 53.5 Å². The van der Waals surface area contributed by atoms with Crippen molar-refractivity contribution in [1.82, 2.24) is 9.97 Å². The molecule has 0 aliphatic rings. The summed E-state index contributed by atoms with van der Waals surface area (Å²) in [6, 6.07) is 7.64. The molecule has 1 aromatic heterocycles. The average Bonchev–Trinajstić information content (AvgIpc) is 2.48. The van der Waals surface area contributed by atoms with Crippen LogP contribution in [0, 0.1) is 3.57 Å². The highest BCUT2D eigenvalue weighted by molar-refractivity contribution is 14.1. The molecular weight excluding hydrogens is 419 g/mol. The minimum Gasteiger partial charge on any atom is -0.370 e. The Morgan fingerprint density at radius 1 is 1.24 bits per heavy atom. The third kappa shape index (κ3) is 4.89. The van der Waals surface area contributed by atoms with Gasteiger partial charge in [0.25, 0.3) is 0 Å². The molecule has 0 radical (unpaired) electrons. The van der Waals surface area contributed by atoms with Crippen molar-refractivity contribution < 1.29 is 0 Å². The quantitative estimate of drug-likeness (QED) is 0.380. The molecule has 0 fully saturated rings. The first-order valence-corrected chi connectivity index (χ1v) is 9.19. The van der Waals surface area contributed by atoms with Crippen LogP contribution in [0.3, 0.4) is 0 Å². The van der Waals surface area contributed by atoms with Crippen LogP contribution in [-0.2, 0) is 0 Å². The van der Waals surface area contributed by atoms with Crippen LogP contribution >= 0.6 is 46.0 Å². The van der Waals surface area contributed by atoms with Gasteiger partial charge in [0.1, 0.15) is 11.6 Å². The molecule has 1 aromatic carbocycles. The summed E-state index contributed by atoms with van der Waals surface area (Å²) in [5, 5.41) is 8.08. The van der Waals surface area contributed by atoms with E-state index in [1.165, 1.54) is 11.8 Å². The zero-order valence-corrected chi connectivity index (χ0v) is 15.5. The van der Waals surface area contributed by atoms with Gasteiger partial charge in [-0.2, -0.15) is 0 Å². The molecule has 2 rings (SSSR count). The molecule has 0 amide bonds. The molecule has 1 heterocycles. The van der Waals surface area contributed by atoms with Gasteiger partial charge < -0.3 is 10.6 Å². The van der Waals surface area contributed by atoms with E-state index in [2.05, 4.69) is 50.1 Å². The van der Waals surface area contributed by atoms with E-state index >= 15 is 0 Å². The first-order chi connectivity index (χ1) is 10.1. The van der Waals surface area contributed by atoms with Crippen molar-refractivity contribution in [1.29, 1.82) is 0 Å². The lowest BCUT2D eigenvalue weighted by Gasteiger charge is -2.11. The van der Waals surface area contributed by atoms with Gasteiger partial charge in [-0.3, -0.25) is 0 Å². The smallest absolute Gasteiger partial charge is 0.191 e. The van der Waals surface area contributed by atoms with Crippen LogP contribution in [0.4, 0.5) is 17.3 Å². The summed E-state index contributed by atoms with van der Waals surface area (Å²) in [4.78, 5) is 8.93. The van der Waals surface area contributed by atoms with Gasteiger partial charge in [-0.1, -0.05) is 30.3 Å². The SMILES string of the molecule is CCCNc1cc(Nc2ccc(Cl)cc2I)nc(SC)n1. The third-order valence-corrected chi connectivity index (χ3v) is 4.31. The third-order valence-electron chi connectivity index (χ3n) is 2.64. The number of halogens is 2. The first-order valence-electron chi connectivity index (χ1n) is 6.51. The maximum atomic E-state index is 5.98. The van der Waals surface area contributed by atoms with E-state index < -0.39 is 0 Å². The Morgan fingerprint density at radius 2 is 2.00 bits per heavy atom. The van der Waals surface area contributed by atoms with Crippen LogP contribution < -0.4 is 10.6 Å². The summed E-state index contributed by atoms with van der Waals surface area (Å²) in [5.41, 5.74) is 0.979. The second-order valence-electron chi connectivity index (χ2n) is 4.30. The molecule has 0 saturated heterocycles. The van der Waals surface area contributed by atoms with Gasteiger partial charge in [-0.15, -0.1) is 0 Å². The number of nitrogens with one attached hydrogen (secondary N) is 2. The van der Waals surface area contributed by atoms with E-state index in [4.69, 9.17) is 11.6 Å². The Morgan fingerprint density at radius 3 is 2.67 bits per heavy atom. The highest BCUT2D eigenvalue weighted by Crippen LogP contribution is 2.26. The number of rotatable bonds is 6. The maximum absolute atomic E-state index is 5.98. The largest absolute Gasteiger partial charge is 0.370 e. The van der Waals surface area contributed by atoms with Crippen molar-refractivity contribution in [3.8, 4) is 0 Å². The molecule has 2 aromatic rings. The zero-order chi connectivity index (χ0) is 15.2. The van der Waals surface area contributed by atoms with Gasteiger partial charge in [0, 0.05) is 21.2 Å². The van der Waals surface area contributed by atoms with Crippen LogP contribution in [0.2, 0.25) is 5.02 Å². The zero-order valence-electron chi connectivity index (χ0n) is 11.8. The molecule has 2 N–H and O–H groups in total. The summed E-state index contributed by atoms with van der Waals surface area (Å²) < 4.78 is 1.05. The van der Waals surface area contributed by atoms with E-state index in [9.17, 15) is 0 Å². The number of anilines is 3. The number of hydrogen-bond acceptors (Lipinski definition) is 5. The fourth-order valence-corrected chi connectivity index (χ4v) is 3.04. The summed E-state index contributed by atoms with van der Waals surface area (Å²) in [5.74, 6) is 1.61. The minimum absolute atomic E-state index is 0.725. The fourth-order valence-electron chi connectivity index (χ4n) is 1.65. The normalized spacial score (nSPS) is 10.5. The van der Waals surface area contributed by atoms with Crippen LogP contribution in [0.15, 0.2) is 29.4 Å². The molecule has 4 nitrogen and oxygen atoms in total. The first kappa shape index (κ1) is 16.6. The lowest BCUT2D eigenvalue weighted by Crippen LogP contribution is -2.05. The Bertz CT molecular complexity index is 624. The number of nitrogens with zero attached hydrogens (tertiary/aromatic N) is 2. The van der Waals surface area contributed by atoms with Crippen molar-refractivity contribution in [2.45, 2.75) is 18.5 Å². The summed E-state index contributed by atoms with van der Waals surface area (Å²) in [7, 11) is 0. The van der Waals surface area contributed by atoms with Gasteiger partial charge >= 0.3 is 0 Å². The highest BCUT2D eigenvalue weighted by atomic mass is 127. The van der Waals surface area contributed by atoms with Gasteiger partial charge in [0.05, 0.1) is 5.69 Å². The van der Waals surface area contributed by atoms with E-state index in [-0.39, 0.29) is 0 Å². The van der Waals surface area contributed by atoms with Crippen LogP contribution in [-0.4, -0.2) is 22.8 Å². The highest BCUT2D eigenvalue weighted by Gasteiger charge is 2.06. The Kier molecular flexibility index (Phi) is 6.38. The number of hydrogen-bond donors (Lipinski definition) is 2. The molecule has 0 aliphatic carbocycles. The van der Waals surface area contributed by atoms with Gasteiger partial charge in [0.15, 0.2) is 5.16 Å². The molecule has 112 valence electrons. The van der Waals surface area contributed by atoms with Gasteiger partial charge in [-0.25, -0.2) is 9.97 Å². The van der Waals surface area contributed by atoms with E-state index in [1.54, 1.807) is 0 Å². The average molecular weight is 435 g/mol. The fraction of sp³-hybridized carbons (Fsp3) is 0.286. The molecule has 0 atom stereocenters. The van der Waals surface area contributed by atoms with Crippen molar-refractivity contribution >= 4 is 63.3 Å².